The van der Waals surface area contributed by atoms with Crippen molar-refractivity contribution in [2.24, 2.45) is 23.2 Å². The highest BCUT2D eigenvalue weighted by Crippen LogP contribution is 2.67. The van der Waals surface area contributed by atoms with E-state index in [-0.39, 0.29) is 41.6 Å². The van der Waals surface area contributed by atoms with Gasteiger partial charge in [0.2, 0.25) is 5.79 Å². The molecule has 9 heteroatoms. The van der Waals surface area contributed by atoms with Crippen molar-refractivity contribution in [3.05, 3.63) is 47.1 Å². The first-order valence-corrected chi connectivity index (χ1v) is 14.3. The number of aliphatic carboxylic acids is 1. The summed E-state index contributed by atoms with van der Waals surface area (Å²) in [5, 5.41) is 9.90. The van der Waals surface area contributed by atoms with Crippen LogP contribution in [0.5, 0.6) is 0 Å². The summed E-state index contributed by atoms with van der Waals surface area (Å²) in [6.45, 7) is 3.86. The highest BCUT2D eigenvalue weighted by atomic mass is 16.7. The average molecular weight is 553 g/mol. The number of unbranched alkanes of at least 4 members (excludes halogenated alkanes) is 3. The predicted molar refractivity (Wildman–Crippen MR) is 141 cm³/mol. The van der Waals surface area contributed by atoms with E-state index in [4.69, 9.17) is 14.2 Å². The van der Waals surface area contributed by atoms with Crippen molar-refractivity contribution in [2.45, 2.75) is 89.9 Å². The SMILES string of the molecule is C/C=C/CCCCCC1C=C2C34OC(=O)[C@]2(CC(=O)O)CC2=C(C(=O)OC2=O)C3C1C[C@@H](C(=O)CC/C=C/C)O4. The van der Waals surface area contributed by atoms with Crippen LogP contribution in [0.3, 0.4) is 0 Å². The number of hydrogen-bond acceptors (Lipinski definition) is 8. The molecule has 4 unspecified atom stereocenters. The van der Waals surface area contributed by atoms with Crippen LogP contribution in [0.2, 0.25) is 0 Å². The number of esters is 3. The zero-order chi connectivity index (χ0) is 28.7. The lowest BCUT2D eigenvalue weighted by molar-refractivity contribution is -0.268. The van der Waals surface area contributed by atoms with Gasteiger partial charge in [0.25, 0.3) is 0 Å². The number of carbonyl (C=O) groups is 5. The molecule has 5 aliphatic rings. The van der Waals surface area contributed by atoms with Crippen LogP contribution in [0.4, 0.5) is 0 Å². The van der Waals surface area contributed by atoms with E-state index in [2.05, 4.69) is 6.08 Å². The van der Waals surface area contributed by atoms with Crippen molar-refractivity contribution >= 4 is 29.7 Å². The van der Waals surface area contributed by atoms with Gasteiger partial charge < -0.3 is 19.3 Å². The van der Waals surface area contributed by atoms with Gasteiger partial charge >= 0.3 is 23.9 Å². The minimum Gasteiger partial charge on any atom is -0.481 e. The molecule has 2 aliphatic carbocycles. The molecule has 3 aliphatic heterocycles. The van der Waals surface area contributed by atoms with Gasteiger partial charge in [0.15, 0.2) is 5.78 Å². The maximum atomic E-state index is 13.7. The second-order valence-electron chi connectivity index (χ2n) is 11.5. The molecule has 0 aromatic carbocycles. The third-order valence-electron chi connectivity index (χ3n) is 9.11. The topological polar surface area (TPSA) is 133 Å². The molecule has 0 aromatic heterocycles. The molecule has 6 atom stereocenters. The molecule has 0 aromatic rings. The zero-order valence-electron chi connectivity index (χ0n) is 23.0. The standard InChI is InChI=1S/C31H36O9/c1-3-5-7-8-9-11-12-18-14-23-30(17-24(33)34)16-20-25(28(36)38-27(20)35)26-19(18)15-22(21(32)13-10-6-4-2)39-31(23,26)40-29(30)37/h3-6,14,18-19,22,26H,7-13,15-17H2,1-2H3,(H,33,34)/b5-3+,6-4+/t18?,19?,22-,26?,30-,31?/m0/s1. The minimum absolute atomic E-state index is 0.0270. The smallest absolute Gasteiger partial charge is 0.343 e. The second kappa shape index (κ2) is 10.9. The number of ketones is 1. The maximum Gasteiger partial charge on any atom is 0.343 e. The second-order valence-corrected chi connectivity index (χ2v) is 11.5. The van der Waals surface area contributed by atoms with Crippen LogP contribution in [0.1, 0.15) is 78.1 Å². The molecule has 5 rings (SSSR count). The van der Waals surface area contributed by atoms with E-state index in [9.17, 15) is 29.1 Å². The lowest BCUT2D eigenvalue weighted by Crippen LogP contribution is -2.59. The lowest BCUT2D eigenvalue weighted by Gasteiger charge is -2.52. The van der Waals surface area contributed by atoms with Crippen LogP contribution in [0.15, 0.2) is 47.1 Å². The number of carboxylic acids is 1. The normalized spacial score (nSPS) is 34.1. The predicted octanol–water partition coefficient (Wildman–Crippen LogP) is 4.51. The lowest BCUT2D eigenvalue weighted by atomic mass is 9.59. The third kappa shape index (κ3) is 4.48. The molecule has 0 amide bonds. The Bertz CT molecular complexity index is 1250. The summed E-state index contributed by atoms with van der Waals surface area (Å²) in [5.41, 5.74) is -1.25. The highest BCUT2D eigenvalue weighted by molar-refractivity contribution is 6.14. The number of carboxylic acid groups (broad SMARTS) is 1. The van der Waals surface area contributed by atoms with Crippen LogP contribution in [0, 0.1) is 23.2 Å². The molecule has 1 N–H and O–H groups in total. The van der Waals surface area contributed by atoms with E-state index >= 15 is 0 Å². The van der Waals surface area contributed by atoms with Gasteiger partial charge in [0.1, 0.15) is 11.5 Å². The van der Waals surface area contributed by atoms with Crippen LogP contribution < -0.4 is 0 Å². The van der Waals surface area contributed by atoms with Crippen LogP contribution >= 0.6 is 0 Å². The Morgan fingerprint density at radius 2 is 1.80 bits per heavy atom. The molecule has 2 saturated heterocycles. The van der Waals surface area contributed by atoms with Crippen LogP contribution in [-0.4, -0.2) is 46.7 Å². The zero-order valence-corrected chi connectivity index (χ0v) is 23.0. The van der Waals surface area contributed by atoms with Gasteiger partial charge in [-0.05, 0) is 57.8 Å². The number of carbonyl (C=O) groups excluding carboxylic acids is 4. The monoisotopic (exact) mass is 552 g/mol. The fraction of sp³-hybridized carbons (Fsp3) is 0.581. The Morgan fingerprint density at radius 3 is 2.52 bits per heavy atom. The number of ether oxygens (including phenoxy) is 3. The Hall–Kier alpha value is -3.33. The Labute approximate surface area is 233 Å². The van der Waals surface area contributed by atoms with Crippen molar-refractivity contribution in [3.63, 3.8) is 0 Å². The maximum absolute atomic E-state index is 13.7. The molecule has 1 spiro atoms. The Morgan fingerprint density at radius 1 is 1.05 bits per heavy atom. The van der Waals surface area contributed by atoms with Crippen molar-refractivity contribution in [1.82, 2.24) is 0 Å². The van der Waals surface area contributed by atoms with Crippen molar-refractivity contribution in [2.75, 3.05) is 0 Å². The summed E-state index contributed by atoms with van der Waals surface area (Å²) in [6.07, 6.45) is 13.6. The largest absolute Gasteiger partial charge is 0.481 e. The first-order chi connectivity index (χ1) is 19.2. The van der Waals surface area contributed by atoms with Gasteiger partial charge in [-0.25, -0.2) is 9.59 Å². The van der Waals surface area contributed by atoms with Gasteiger partial charge in [0.05, 0.1) is 23.5 Å². The van der Waals surface area contributed by atoms with Gasteiger partial charge in [-0.15, -0.1) is 0 Å². The van der Waals surface area contributed by atoms with E-state index < -0.39 is 53.5 Å². The summed E-state index contributed by atoms with van der Waals surface area (Å²) >= 11 is 0. The molecular formula is C31H36O9. The highest BCUT2D eigenvalue weighted by Gasteiger charge is 2.75. The van der Waals surface area contributed by atoms with E-state index in [1.807, 2.05) is 38.2 Å². The fourth-order valence-electron chi connectivity index (χ4n) is 7.40. The van der Waals surface area contributed by atoms with E-state index in [1.165, 1.54) is 0 Å². The molecular weight excluding hydrogens is 516 g/mol. The molecule has 2 fully saturated rings. The summed E-state index contributed by atoms with van der Waals surface area (Å²) in [7, 11) is 0. The minimum atomic E-state index is -1.82. The van der Waals surface area contributed by atoms with Crippen molar-refractivity contribution < 1.29 is 43.3 Å². The molecule has 3 heterocycles. The van der Waals surface area contributed by atoms with Crippen molar-refractivity contribution in [3.8, 4) is 0 Å². The first-order valence-electron chi connectivity index (χ1n) is 14.3. The number of Topliss-reactive ketones (excluding diaryl/α,β-unsaturated/α-hetero) is 1. The molecule has 9 nitrogen and oxygen atoms in total. The molecule has 0 radical (unpaired) electrons. The molecule has 0 saturated carbocycles. The van der Waals surface area contributed by atoms with Gasteiger partial charge in [-0.1, -0.05) is 43.2 Å². The Kier molecular flexibility index (Phi) is 7.70. The van der Waals surface area contributed by atoms with Crippen LogP contribution in [-0.2, 0) is 38.2 Å². The van der Waals surface area contributed by atoms with Gasteiger partial charge in [-0.3, -0.25) is 14.4 Å². The third-order valence-corrected chi connectivity index (χ3v) is 9.11. The number of rotatable bonds is 12. The molecule has 40 heavy (non-hydrogen) atoms. The Balaban J connectivity index is 1.60. The summed E-state index contributed by atoms with van der Waals surface area (Å²) in [4.78, 5) is 65.1. The summed E-state index contributed by atoms with van der Waals surface area (Å²) in [5.74, 6) is -7.03. The van der Waals surface area contributed by atoms with Crippen LogP contribution in [0.25, 0.3) is 0 Å². The summed E-state index contributed by atoms with van der Waals surface area (Å²) in [6, 6.07) is 0. The first kappa shape index (κ1) is 28.2. The fourth-order valence-corrected chi connectivity index (χ4v) is 7.40. The molecule has 214 valence electrons. The summed E-state index contributed by atoms with van der Waals surface area (Å²) < 4.78 is 17.4. The van der Waals surface area contributed by atoms with Gasteiger partial charge in [-0.2, -0.15) is 0 Å². The van der Waals surface area contributed by atoms with E-state index in [0.29, 0.717) is 18.4 Å². The van der Waals surface area contributed by atoms with Gasteiger partial charge in [0, 0.05) is 18.4 Å². The number of cyclic esters (lactones) is 2. The van der Waals surface area contributed by atoms with E-state index in [1.54, 1.807) is 0 Å². The quantitative estimate of drug-likeness (QED) is 0.161. The van der Waals surface area contributed by atoms with E-state index in [0.717, 1.165) is 32.1 Å². The van der Waals surface area contributed by atoms with Crippen molar-refractivity contribution in [1.29, 1.82) is 0 Å². The number of allylic oxidation sites excluding steroid dienone is 5. The molecule has 5 bridgehead atoms. The average Bonchev–Trinajstić information content (AvgIpc) is 3.25. The number of hydrogen-bond donors (Lipinski definition) is 1.